The van der Waals surface area contributed by atoms with E-state index in [4.69, 9.17) is 0 Å². The van der Waals surface area contributed by atoms with Gasteiger partial charge in [0.15, 0.2) is 0 Å². The van der Waals surface area contributed by atoms with E-state index in [2.05, 4.69) is 10.6 Å². The zero-order valence-electron chi connectivity index (χ0n) is 13.7. The van der Waals surface area contributed by atoms with Crippen molar-refractivity contribution >= 4 is 17.3 Å². The fourth-order valence-corrected chi connectivity index (χ4v) is 1.96. The molecule has 0 atom stereocenters. The molecule has 0 aliphatic rings. The van der Waals surface area contributed by atoms with Crippen molar-refractivity contribution in [3.05, 3.63) is 24.0 Å². The molecule has 0 spiro atoms. The van der Waals surface area contributed by atoms with Crippen molar-refractivity contribution in [1.29, 1.82) is 0 Å². The summed E-state index contributed by atoms with van der Waals surface area (Å²) in [6.07, 6.45) is 0. The maximum absolute atomic E-state index is 14.1. The Morgan fingerprint density at radius 1 is 1.38 bits per heavy atom. The first-order valence-electron chi connectivity index (χ1n) is 7.28. The maximum Gasteiger partial charge on any atom is 0.244 e. The summed E-state index contributed by atoms with van der Waals surface area (Å²) in [6, 6.07) is 4.96. The minimum Gasteiger partial charge on any atom is -0.370 e. The largest absolute Gasteiger partial charge is 0.370 e. The van der Waals surface area contributed by atoms with Crippen molar-refractivity contribution in [3.8, 4) is 0 Å². The van der Waals surface area contributed by atoms with Gasteiger partial charge in [-0.3, -0.25) is 4.79 Å². The Morgan fingerprint density at radius 2 is 2.00 bits per heavy atom. The predicted molar refractivity (Wildman–Crippen MR) is 86.3 cm³/mol. The monoisotopic (exact) mass is 295 g/mol. The van der Waals surface area contributed by atoms with Crippen LogP contribution in [0.25, 0.3) is 0 Å². The number of hydrogen-bond donors (Lipinski definition) is 2. The topological polar surface area (TPSA) is 44.4 Å². The van der Waals surface area contributed by atoms with Gasteiger partial charge in [0.05, 0.1) is 11.2 Å². The van der Waals surface area contributed by atoms with Crippen molar-refractivity contribution in [2.24, 2.45) is 0 Å². The van der Waals surface area contributed by atoms with Crippen LogP contribution in [0.2, 0.25) is 0 Å². The zero-order valence-corrected chi connectivity index (χ0v) is 13.7. The molecule has 0 aliphatic carbocycles. The van der Waals surface area contributed by atoms with Crippen molar-refractivity contribution < 1.29 is 9.18 Å². The number of halogens is 1. The van der Waals surface area contributed by atoms with Gasteiger partial charge in [-0.1, -0.05) is 6.92 Å². The van der Waals surface area contributed by atoms with Gasteiger partial charge in [-0.2, -0.15) is 0 Å². The SMILES string of the molecule is CCNC(C)(C)C(=O)Nc1ccc(N(C)C(C)C)c(F)c1. The van der Waals surface area contributed by atoms with Crippen LogP contribution in [0.1, 0.15) is 34.6 Å². The summed E-state index contributed by atoms with van der Waals surface area (Å²) >= 11 is 0. The fraction of sp³-hybridized carbons (Fsp3) is 0.562. The number of anilines is 2. The lowest BCUT2D eigenvalue weighted by Gasteiger charge is -2.26. The first-order chi connectivity index (χ1) is 9.69. The van der Waals surface area contributed by atoms with Gasteiger partial charge in [0.25, 0.3) is 0 Å². The zero-order chi connectivity index (χ0) is 16.2. The molecular formula is C16H26FN3O. The van der Waals surface area contributed by atoms with E-state index in [1.165, 1.54) is 6.07 Å². The molecule has 1 rings (SSSR count). The van der Waals surface area contributed by atoms with Gasteiger partial charge < -0.3 is 15.5 Å². The maximum atomic E-state index is 14.1. The fourth-order valence-electron chi connectivity index (χ4n) is 1.96. The van der Waals surface area contributed by atoms with Crippen LogP contribution in [0, 0.1) is 5.82 Å². The molecule has 0 heterocycles. The predicted octanol–water partition coefficient (Wildman–Crippen LogP) is 3.00. The Labute approximate surface area is 126 Å². The number of likely N-dealkylation sites (N-methyl/N-ethyl adjacent to an activating group) is 1. The molecule has 0 saturated carbocycles. The first-order valence-corrected chi connectivity index (χ1v) is 7.28. The van der Waals surface area contributed by atoms with Crippen LogP contribution in [0.3, 0.4) is 0 Å². The molecule has 0 aromatic heterocycles. The number of nitrogens with one attached hydrogen (secondary N) is 2. The van der Waals surface area contributed by atoms with Crippen LogP contribution in [0.5, 0.6) is 0 Å². The number of nitrogens with zero attached hydrogens (tertiary/aromatic N) is 1. The van der Waals surface area contributed by atoms with Gasteiger partial charge in [0.1, 0.15) is 5.82 Å². The van der Waals surface area contributed by atoms with E-state index in [9.17, 15) is 9.18 Å². The highest BCUT2D eigenvalue weighted by molar-refractivity contribution is 5.97. The number of carbonyl (C=O) groups is 1. The summed E-state index contributed by atoms with van der Waals surface area (Å²) in [5.41, 5.74) is 0.289. The Hall–Kier alpha value is -1.62. The van der Waals surface area contributed by atoms with Crippen LogP contribution in [0.4, 0.5) is 15.8 Å². The number of carbonyl (C=O) groups excluding carboxylic acids is 1. The molecule has 2 N–H and O–H groups in total. The molecule has 4 nitrogen and oxygen atoms in total. The highest BCUT2D eigenvalue weighted by Crippen LogP contribution is 2.23. The van der Waals surface area contributed by atoms with E-state index in [1.807, 2.05) is 32.7 Å². The molecule has 0 unspecified atom stereocenters. The second kappa shape index (κ2) is 6.89. The average molecular weight is 295 g/mol. The van der Waals surface area contributed by atoms with E-state index in [1.54, 1.807) is 26.0 Å². The van der Waals surface area contributed by atoms with Gasteiger partial charge in [-0.05, 0) is 52.4 Å². The number of amides is 1. The summed E-state index contributed by atoms with van der Waals surface area (Å²) in [5, 5.41) is 5.83. The Kier molecular flexibility index (Phi) is 5.72. The van der Waals surface area contributed by atoms with E-state index in [0.717, 1.165) is 0 Å². The van der Waals surface area contributed by atoms with Crippen LogP contribution < -0.4 is 15.5 Å². The third-order valence-corrected chi connectivity index (χ3v) is 3.55. The minimum atomic E-state index is -0.696. The third kappa shape index (κ3) is 4.43. The molecule has 0 radical (unpaired) electrons. The summed E-state index contributed by atoms with van der Waals surface area (Å²) < 4.78 is 14.1. The molecule has 1 amide bonds. The second-order valence-corrected chi connectivity index (χ2v) is 5.98. The van der Waals surface area contributed by atoms with Gasteiger partial charge in [0, 0.05) is 18.8 Å². The molecule has 0 bridgehead atoms. The molecule has 0 fully saturated rings. The van der Waals surface area contributed by atoms with Crippen LogP contribution in [0.15, 0.2) is 18.2 Å². The average Bonchev–Trinajstić information content (AvgIpc) is 2.37. The highest BCUT2D eigenvalue weighted by Gasteiger charge is 2.26. The smallest absolute Gasteiger partial charge is 0.244 e. The van der Waals surface area contributed by atoms with Gasteiger partial charge in [-0.25, -0.2) is 4.39 Å². The van der Waals surface area contributed by atoms with Crippen molar-refractivity contribution in [2.45, 2.75) is 46.2 Å². The molecule has 21 heavy (non-hydrogen) atoms. The minimum absolute atomic E-state index is 0.186. The molecule has 1 aromatic carbocycles. The number of rotatable bonds is 6. The molecular weight excluding hydrogens is 269 g/mol. The molecule has 0 aliphatic heterocycles. The normalized spacial score (nSPS) is 11.6. The summed E-state index contributed by atoms with van der Waals surface area (Å²) in [6.45, 7) is 10.2. The third-order valence-electron chi connectivity index (χ3n) is 3.55. The van der Waals surface area contributed by atoms with Crippen LogP contribution in [-0.2, 0) is 4.79 Å². The van der Waals surface area contributed by atoms with Crippen molar-refractivity contribution in [2.75, 3.05) is 23.8 Å². The number of hydrogen-bond acceptors (Lipinski definition) is 3. The van der Waals surface area contributed by atoms with Crippen LogP contribution >= 0.6 is 0 Å². The van der Waals surface area contributed by atoms with E-state index >= 15 is 0 Å². The van der Waals surface area contributed by atoms with E-state index in [-0.39, 0.29) is 17.8 Å². The summed E-state index contributed by atoms with van der Waals surface area (Å²) in [4.78, 5) is 14.0. The Morgan fingerprint density at radius 3 is 2.48 bits per heavy atom. The van der Waals surface area contributed by atoms with Crippen molar-refractivity contribution in [1.82, 2.24) is 5.32 Å². The van der Waals surface area contributed by atoms with E-state index < -0.39 is 5.54 Å². The van der Waals surface area contributed by atoms with Gasteiger partial charge in [-0.15, -0.1) is 0 Å². The lowest BCUT2D eigenvalue weighted by molar-refractivity contribution is -0.121. The molecule has 1 aromatic rings. The lowest BCUT2D eigenvalue weighted by Crippen LogP contribution is -2.49. The summed E-state index contributed by atoms with van der Waals surface area (Å²) in [7, 11) is 1.84. The Bertz CT molecular complexity index is 500. The van der Waals surface area contributed by atoms with E-state index in [0.29, 0.717) is 17.9 Å². The second-order valence-electron chi connectivity index (χ2n) is 5.98. The molecule has 118 valence electrons. The molecule has 0 saturated heterocycles. The highest BCUT2D eigenvalue weighted by atomic mass is 19.1. The lowest BCUT2D eigenvalue weighted by atomic mass is 10.0. The standard InChI is InChI=1S/C16H26FN3O/c1-7-18-16(4,5)15(21)19-12-8-9-14(13(17)10-12)20(6)11(2)3/h8-11,18H,7H2,1-6H3,(H,19,21). The molecule has 5 heteroatoms. The van der Waals surface area contributed by atoms with Gasteiger partial charge in [0.2, 0.25) is 5.91 Å². The summed E-state index contributed by atoms with van der Waals surface area (Å²) in [5.74, 6) is -0.529. The quantitative estimate of drug-likeness (QED) is 0.848. The first kappa shape index (κ1) is 17.4. The Balaban J connectivity index is 2.88. The van der Waals surface area contributed by atoms with Crippen LogP contribution in [-0.4, -0.2) is 31.1 Å². The number of benzene rings is 1. The van der Waals surface area contributed by atoms with Gasteiger partial charge >= 0.3 is 0 Å². The van der Waals surface area contributed by atoms with Crippen molar-refractivity contribution in [3.63, 3.8) is 0 Å².